The molecule has 0 aliphatic heterocycles. The Kier molecular flexibility index (Phi) is 8.94. The molecule has 1 unspecified atom stereocenters. The number of nitrogens with one attached hydrogen (secondary N) is 1. The van der Waals surface area contributed by atoms with Crippen molar-refractivity contribution in [1.29, 1.82) is 0 Å². The van der Waals surface area contributed by atoms with Crippen LogP contribution in [0.25, 0.3) is 0 Å². The maximum atomic E-state index is 12.1. The molecule has 5 heteroatoms. The van der Waals surface area contributed by atoms with E-state index in [2.05, 4.69) is 12.2 Å². The molecule has 0 aliphatic carbocycles. The van der Waals surface area contributed by atoms with Crippen LogP contribution in [0.2, 0.25) is 0 Å². The first-order valence-corrected chi connectivity index (χ1v) is 7.49. The van der Waals surface area contributed by atoms with Gasteiger partial charge in [0.25, 0.3) is 6.43 Å². The van der Waals surface area contributed by atoms with Crippen LogP contribution in [0.1, 0.15) is 38.3 Å². The Hall–Kier alpha value is -1.20. The summed E-state index contributed by atoms with van der Waals surface area (Å²) in [6.07, 6.45) is -0.740. The molecule has 0 aromatic heterocycles. The molecular formula is C16H25F2NO2. The zero-order valence-electron chi connectivity index (χ0n) is 12.8. The summed E-state index contributed by atoms with van der Waals surface area (Å²) >= 11 is 0. The van der Waals surface area contributed by atoms with E-state index in [4.69, 9.17) is 9.47 Å². The second-order valence-corrected chi connectivity index (χ2v) is 4.77. The first-order chi connectivity index (χ1) is 10.2. The predicted molar refractivity (Wildman–Crippen MR) is 80.1 cm³/mol. The van der Waals surface area contributed by atoms with Crippen LogP contribution in [0, 0.1) is 0 Å². The maximum absolute atomic E-state index is 12.1. The molecule has 1 N–H and O–H groups in total. The van der Waals surface area contributed by atoms with Crippen molar-refractivity contribution in [1.82, 2.24) is 5.32 Å². The summed E-state index contributed by atoms with van der Waals surface area (Å²) in [5.74, 6) is 0.826. The van der Waals surface area contributed by atoms with Crippen LogP contribution in [0.15, 0.2) is 24.3 Å². The molecular weight excluding hydrogens is 276 g/mol. The molecule has 1 aromatic rings. The third-order valence-electron chi connectivity index (χ3n) is 3.01. The van der Waals surface area contributed by atoms with Gasteiger partial charge in [0.2, 0.25) is 0 Å². The molecule has 0 radical (unpaired) electrons. The van der Waals surface area contributed by atoms with Crippen molar-refractivity contribution in [3.8, 4) is 5.75 Å². The lowest BCUT2D eigenvalue weighted by Gasteiger charge is -2.20. The van der Waals surface area contributed by atoms with E-state index in [-0.39, 0.29) is 6.04 Å². The second-order valence-electron chi connectivity index (χ2n) is 4.77. The number of halogens is 2. The van der Waals surface area contributed by atoms with E-state index in [1.165, 1.54) is 0 Å². The van der Waals surface area contributed by atoms with Crippen molar-refractivity contribution in [2.45, 2.75) is 39.2 Å². The predicted octanol–water partition coefficient (Wildman–Crippen LogP) is 3.80. The molecule has 0 aliphatic rings. The fraction of sp³-hybridized carbons (Fsp3) is 0.625. The SMILES string of the molecule is CCCNC(CCOCC(F)F)c1cccc(OCC)c1. The van der Waals surface area contributed by atoms with E-state index >= 15 is 0 Å². The summed E-state index contributed by atoms with van der Waals surface area (Å²) in [5.41, 5.74) is 1.09. The summed E-state index contributed by atoms with van der Waals surface area (Å²) in [5, 5.41) is 3.42. The van der Waals surface area contributed by atoms with E-state index in [0.29, 0.717) is 19.6 Å². The van der Waals surface area contributed by atoms with Gasteiger partial charge in [-0.2, -0.15) is 0 Å². The van der Waals surface area contributed by atoms with Crippen LogP contribution < -0.4 is 10.1 Å². The van der Waals surface area contributed by atoms with E-state index in [1.807, 2.05) is 31.2 Å². The van der Waals surface area contributed by atoms with Gasteiger partial charge in [0, 0.05) is 12.6 Å². The lowest BCUT2D eigenvalue weighted by atomic mass is 10.0. The van der Waals surface area contributed by atoms with Gasteiger partial charge < -0.3 is 14.8 Å². The first-order valence-electron chi connectivity index (χ1n) is 7.49. The average molecular weight is 301 g/mol. The summed E-state index contributed by atoms with van der Waals surface area (Å²) < 4.78 is 34.6. The molecule has 0 saturated carbocycles. The lowest BCUT2D eigenvalue weighted by Crippen LogP contribution is -2.24. The third-order valence-corrected chi connectivity index (χ3v) is 3.01. The maximum Gasteiger partial charge on any atom is 0.261 e. The van der Waals surface area contributed by atoms with Crippen LogP contribution >= 0.6 is 0 Å². The summed E-state index contributed by atoms with van der Waals surface area (Å²) in [7, 11) is 0. The summed E-state index contributed by atoms with van der Waals surface area (Å²) in [6, 6.07) is 7.95. The quantitative estimate of drug-likeness (QED) is 0.631. The number of rotatable bonds is 11. The fourth-order valence-electron chi connectivity index (χ4n) is 2.07. The second kappa shape index (κ2) is 10.5. The Morgan fingerprint density at radius 2 is 2.05 bits per heavy atom. The van der Waals surface area contributed by atoms with Gasteiger partial charge >= 0.3 is 0 Å². The zero-order chi connectivity index (χ0) is 15.5. The molecule has 0 fully saturated rings. The molecule has 1 atom stereocenters. The molecule has 0 amide bonds. The molecule has 0 saturated heterocycles. The highest BCUT2D eigenvalue weighted by Gasteiger charge is 2.12. The van der Waals surface area contributed by atoms with E-state index in [9.17, 15) is 8.78 Å². The van der Waals surface area contributed by atoms with Crippen molar-refractivity contribution in [3.63, 3.8) is 0 Å². The Morgan fingerprint density at radius 3 is 2.71 bits per heavy atom. The number of ether oxygens (including phenoxy) is 2. The van der Waals surface area contributed by atoms with Gasteiger partial charge in [-0.25, -0.2) is 8.78 Å². The van der Waals surface area contributed by atoms with Crippen molar-refractivity contribution in [3.05, 3.63) is 29.8 Å². The third kappa shape index (κ3) is 7.39. The highest BCUT2D eigenvalue weighted by molar-refractivity contribution is 5.30. The molecule has 0 heterocycles. The van der Waals surface area contributed by atoms with Crippen LogP contribution in [0.5, 0.6) is 5.75 Å². The minimum Gasteiger partial charge on any atom is -0.494 e. The van der Waals surface area contributed by atoms with Crippen LogP contribution in [0.4, 0.5) is 8.78 Å². The van der Waals surface area contributed by atoms with Crippen LogP contribution in [-0.2, 0) is 4.74 Å². The first kappa shape index (κ1) is 17.9. The van der Waals surface area contributed by atoms with Crippen LogP contribution in [0.3, 0.4) is 0 Å². The van der Waals surface area contributed by atoms with Gasteiger partial charge in [-0.3, -0.25) is 0 Å². The standard InChI is InChI=1S/C16H25F2NO2/c1-3-9-19-15(8-10-20-12-16(17)18)13-6-5-7-14(11-13)21-4-2/h5-7,11,15-16,19H,3-4,8-10,12H2,1-2H3. The van der Waals surface area contributed by atoms with Crippen molar-refractivity contribution < 1.29 is 18.3 Å². The fourth-order valence-corrected chi connectivity index (χ4v) is 2.07. The Balaban J connectivity index is 2.60. The Labute approximate surface area is 125 Å². The highest BCUT2D eigenvalue weighted by Crippen LogP contribution is 2.22. The molecule has 0 spiro atoms. The van der Waals surface area contributed by atoms with Gasteiger partial charge in [-0.1, -0.05) is 19.1 Å². The van der Waals surface area contributed by atoms with E-state index in [0.717, 1.165) is 24.3 Å². The van der Waals surface area contributed by atoms with Gasteiger partial charge in [0.05, 0.1) is 6.61 Å². The van der Waals surface area contributed by atoms with Gasteiger partial charge in [0.15, 0.2) is 0 Å². The van der Waals surface area contributed by atoms with E-state index < -0.39 is 13.0 Å². The average Bonchev–Trinajstić information content (AvgIpc) is 2.47. The largest absolute Gasteiger partial charge is 0.494 e. The molecule has 1 aromatic carbocycles. The van der Waals surface area contributed by atoms with Crippen LogP contribution in [-0.4, -0.2) is 32.8 Å². The number of hydrogen-bond acceptors (Lipinski definition) is 3. The normalized spacial score (nSPS) is 12.6. The lowest BCUT2D eigenvalue weighted by molar-refractivity contribution is 0.0143. The van der Waals surface area contributed by atoms with Crippen molar-refractivity contribution in [2.24, 2.45) is 0 Å². The Bertz CT molecular complexity index is 388. The molecule has 21 heavy (non-hydrogen) atoms. The van der Waals surface area contributed by atoms with E-state index in [1.54, 1.807) is 0 Å². The van der Waals surface area contributed by atoms with Crippen molar-refractivity contribution >= 4 is 0 Å². The summed E-state index contributed by atoms with van der Waals surface area (Å²) in [4.78, 5) is 0. The molecule has 1 rings (SSSR count). The smallest absolute Gasteiger partial charge is 0.261 e. The minimum atomic E-state index is -2.41. The summed E-state index contributed by atoms with van der Waals surface area (Å²) in [6.45, 7) is 5.34. The Morgan fingerprint density at radius 1 is 1.24 bits per heavy atom. The van der Waals surface area contributed by atoms with Gasteiger partial charge in [-0.05, 0) is 44.0 Å². The van der Waals surface area contributed by atoms with Crippen molar-refractivity contribution in [2.75, 3.05) is 26.4 Å². The molecule has 3 nitrogen and oxygen atoms in total. The number of benzene rings is 1. The topological polar surface area (TPSA) is 30.5 Å². The molecule has 0 bridgehead atoms. The molecule has 120 valence electrons. The zero-order valence-corrected chi connectivity index (χ0v) is 12.8. The number of hydrogen-bond donors (Lipinski definition) is 1. The highest BCUT2D eigenvalue weighted by atomic mass is 19.3. The number of alkyl halides is 2. The monoisotopic (exact) mass is 301 g/mol. The van der Waals surface area contributed by atoms with Gasteiger partial charge in [-0.15, -0.1) is 0 Å². The minimum absolute atomic E-state index is 0.0861. The van der Waals surface area contributed by atoms with Gasteiger partial charge in [0.1, 0.15) is 12.4 Å².